The summed E-state index contributed by atoms with van der Waals surface area (Å²) in [5.41, 5.74) is 1.18. The molecule has 0 atom stereocenters. The van der Waals surface area contributed by atoms with Crippen molar-refractivity contribution in [2.75, 3.05) is 27.4 Å². The van der Waals surface area contributed by atoms with Crippen LogP contribution in [0.25, 0.3) is 5.57 Å². The molecule has 9 heteroatoms. The Hall–Kier alpha value is -4.19. The summed E-state index contributed by atoms with van der Waals surface area (Å²) in [6.07, 6.45) is 0.647. The van der Waals surface area contributed by atoms with Crippen LogP contribution in [0.4, 0.5) is 4.79 Å². The molecule has 35 heavy (non-hydrogen) atoms. The van der Waals surface area contributed by atoms with E-state index in [1.165, 1.54) is 13.2 Å². The quantitative estimate of drug-likeness (QED) is 0.316. The van der Waals surface area contributed by atoms with Crippen LogP contribution in [0.15, 0.2) is 42.5 Å². The van der Waals surface area contributed by atoms with Crippen LogP contribution in [-0.4, -0.2) is 45.0 Å². The molecule has 0 aliphatic rings. The molecular formula is C26H30N2O7. The molecule has 1 amide bonds. The Labute approximate surface area is 205 Å². The second-order valence-electron chi connectivity index (χ2n) is 8.18. The molecule has 2 aromatic carbocycles. The van der Waals surface area contributed by atoms with E-state index in [1.54, 1.807) is 64.3 Å². The van der Waals surface area contributed by atoms with Crippen molar-refractivity contribution in [2.24, 2.45) is 0 Å². The number of alkyl carbamates (subject to hydrolysis) is 1. The highest BCUT2D eigenvalue weighted by Gasteiger charge is 2.19. The van der Waals surface area contributed by atoms with Gasteiger partial charge in [0.15, 0.2) is 23.0 Å². The van der Waals surface area contributed by atoms with E-state index < -0.39 is 24.2 Å². The van der Waals surface area contributed by atoms with Gasteiger partial charge in [-0.1, -0.05) is 12.1 Å². The first-order valence-corrected chi connectivity index (χ1v) is 10.9. The minimum absolute atomic E-state index is 0.128. The molecule has 2 aromatic rings. The lowest BCUT2D eigenvalue weighted by Crippen LogP contribution is -2.36. The van der Waals surface area contributed by atoms with Gasteiger partial charge in [-0.15, -0.1) is 0 Å². The molecule has 0 fully saturated rings. The number of esters is 1. The fourth-order valence-electron chi connectivity index (χ4n) is 3.05. The zero-order valence-electron chi connectivity index (χ0n) is 20.8. The predicted molar refractivity (Wildman–Crippen MR) is 130 cm³/mol. The highest BCUT2D eigenvalue weighted by molar-refractivity contribution is 5.84. The molecule has 0 spiro atoms. The Morgan fingerprint density at radius 2 is 1.54 bits per heavy atom. The number of nitrogens with zero attached hydrogens (tertiary/aromatic N) is 1. The summed E-state index contributed by atoms with van der Waals surface area (Å²) in [5.74, 6) is 0.808. The van der Waals surface area contributed by atoms with Crippen molar-refractivity contribution in [1.29, 1.82) is 5.26 Å². The van der Waals surface area contributed by atoms with Crippen LogP contribution < -0.4 is 24.3 Å². The van der Waals surface area contributed by atoms with Crippen molar-refractivity contribution < 1.29 is 33.3 Å². The smallest absolute Gasteiger partial charge is 0.408 e. The number of amides is 1. The summed E-state index contributed by atoms with van der Waals surface area (Å²) in [7, 11) is 2.99. The van der Waals surface area contributed by atoms with Gasteiger partial charge in [-0.3, -0.25) is 0 Å². The molecule has 0 aliphatic carbocycles. The summed E-state index contributed by atoms with van der Waals surface area (Å²) < 4.78 is 26.8. The molecule has 0 saturated heterocycles. The SMILES string of the molecule is CCOc1cc(C(=CC#N)c2ccc(OC)c(OC(=O)CNC(=O)OC(C)(C)C)c2)ccc1OC. The predicted octanol–water partition coefficient (Wildman–Crippen LogP) is 4.49. The van der Waals surface area contributed by atoms with Crippen LogP contribution in [0, 0.1) is 11.3 Å². The van der Waals surface area contributed by atoms with Crippen molar-refractivity contribution in [3.63, 3.8) is 0 Å². The molecule has 186 valence electrons. The number of nitrogens with one attached hydrogen (secondary N) is 1. The minimum atomic E-state index is -0.737. The van der Waals surface area contributed by atoms with E-state index in [2.05, 4.69) is 11.4 Å². The van der Waals surface area contributed by atoms with Gasteiger partial charge in [-0.05, 0) is 68.7 Å². The Kier molecular flexibility index (Phi) is 9.53. The standard InChI is InChI=1S/C26H30N2O7/c1-7-33-22-14-17(8-10-20(22)31-5)19(12-13-27)18-9-11-21(32-6)23(15-18)34-24(29)16-28-25(30)35-26(2,3)4/h8-12,14-15H,7,16H2,1-6H3,(H,28,30). The highest BCUT2D eigenvalue weighted by Crippen LogP contribution is 2.36. The van der Waals surface area contributed by atoms with Crippen LogP contribution in [0.3, 0.4) is 0 Å². The van der Waals surface area contributed by atoms with Crippen LogP contribution >= 0.6 is 0 Å². The molecule has 0 radical (unpaired) electrons. The average molecular weight is 483 g/mol. The zero-order chi connectivity index (χ0) is 26.0. The number of hydrogen-bond acceptors (Lipinski definition) is 8. The van der Waals surface area contributed by atoms with Crippen LogP contribution in [0.2, 0.25) is 0 Å². The van der Waals surface area contributed by atoms with E-state index in [0.29, 0.717) is 40.6 Å². The Balaban J connectivity index is 2.32. The van der Waals surface area contributed by atoms with E-state index in [0.717, 1.165) is 0 Å². The van der Waals surface area contributed by atoms with Gasteiger partial charge in [0, 0.05) is 6.08 Å². The van der Waals surface area contributed by atoms with Gasteiger partial charge in [0.25, 0.3) is 0 Å². The molecule has 1 N–H and O–H groups in total. The van der Waals surface area contributed by atoms with Gasteiger partial charge in [-0.25, -0.2) is 9.59 Å². The number of carbonyl (C=O) groups is 2. The molecule has 2 rings (SSSR count). The summed E-state index contributed by atoms with van der Waals surface area (Å²) in [6, 6.07) is 12.3. The maximum Gasteiger partial charge on any atom is 0.408 e. The molecule has 0 saturated carbocycles. The maximum atomic E-state index is 12.4. The largest absolute Gasteiger partial charge is 0.493 e. The molecule has 0 aromatic heterocycles. The lowest BCUT2D eigenvalue weighted by molar-refractivity contribution is -0.133. The molecule has 0 aliphatic heterocycles. The number of methoxy groups -OCH3 is 2. The van der Waals surface area contributed by atoms with E-state index in [9.17, 15) is 14.9 Å². The summed E-state index contributed by atoms with van der Waals surface area (Å²) in [5, 5.41) is 11.8. The summed E-state index contributed by atoms with van der Waals surface area (Å²) in [6.45, 7) is 7.05. The average Bonchev–Trinajstić information content (AvgIpc) is 2.80. The lowest BCUT2D eigenvalue weighted by atomic mass is 9.97. The van der Waals surface area contributed by atoms with Gasteiger partial charge >= 0.3 is 12.1 Å². The Morgan fingerprint density at radius 3 is 2.06 bits per heavy atom. The Bertz CT molecular complexity index is 1130. The lowest BCUT2D eigenvalue weighted by Gasteiger charge is -2.19. The van der Waals surface area contributed by atoms with E-state index >= 15 is 0 Å². The first kappa shape index (κ1) is 27.1. The number of rotatable bonds is 9. The van der Waals surface area contributed by atoms with Crippen molar-refractivity contribution in [2.45, 2.75) is 33.3 Å². The van der Waals surface area contributed by atoms with Crippen LogP contribution in [-0.2, 0) is 9.53 Å². The van der Waals surface area contributed by atoms with E-state index in [1.807, 2.05) is 6.92 Å². The molecule has 0 bridgehead atoms. The van der Waals surface area contributed by atoms with E-state index in [-0.39, 0.29) is 5.75 Å². The summed E-state index contributed by atoms with van der Waals surface area (Å²) in [4.78, 5) is 24.2. The second kappa shape index (κ2) is 12.3. The second-order valence-corrected chi connectivity index (χ2v) is 8.18. The van der Waals surface area contributed by atoms with Gasteiger partial charge in [0.1, 0.15) is 12.1 Å². The monoisotopic (exact) mass is 482 g/mol. The first-order valence-electron chi connectivity index (χ1n) is 10.9. The normalized spacial score (nSPS) is 11.2. The first-order chi connectivity index (χ1) is 16.6. The molecular weight excluding hydrogens is 452 g/mol. The number of carbonyl (C=O) groups excluding carboxylic acids is 2. The van der Waals surface area contributed by atoms with Crippen LogP contribution in [0.5, 0.6) is 23.0 Å². The van der Waals surface area contributed by atoms with Gasteiger partial charge in [-0.2, -0.15) is 5.26 Å². The Morgan fingerprint density at radius 1 is 0.971 bits per heavy atom. The number of nitriles is 1. The molecule has 9 nitrogen and oxygen atoms in total. The fraction of sp³-hybridized carbons (Fsp3) is 0.346. The van der Waals surface area contributed by atoms with Gasteiger partial charge in [0.05, 0.1) is 26.9 Å². The third-order valence-electron chi connectivity index (χ3n) is 4.46. The third kappa shape index (κ3) is 7.96. The number of allylic oxidation sites excluding steroid dienone is 1. The molecule has 0 heterocycles. The zero-order valence-corrected chi connectivity index (χ0v) is 20.8. The van der Waals surface area contributed by atoms with Crippen molar-refractivity contribution in [3.05, 3.63) is 53.6 Å². The van der Waals surface area contributed by atoms with Crippen molar-refractivity contribution in [1.82, 2.24) is 5.32 Å². The number of benzene rings is 2. The fourth-order valence-corrected chi connectivity index (χ4v) is 3.05. The maximum absolute atomic E-state index is 12.4. The van der Waals surface area contributed by atoms with Crippen LogP contribution in [0.1, 0.15) is 38.8 Å². The molecule has 0 unspecified atom stereocenters. The van der Waals surface area contributed by atoms with Crippen molar-refractivity contribution in [3.8, 4) is 29.1 Å². The minimum Gasteiger partial charge on any atom is -0.493 e. The highest BCUT2D eigenvalue weighted by atomic mass is 16.6. The van der Waals surface area contributed by atoms with Gasteiger partial charge in [0.2, 0.25) is 0 Å². The summed E-state index contributed by atoms with van der Waals surface area (Å²) >= 11 is 0. The third-order valence-corrected chi connectivity index (χ3v) is 4.46. The number of hydrogen-bond donors (Lipinski definition) is 1. The van der Waals surface area contributed by atoms with Crippen molar-refractivity contribution >= 4 is 17.6 Å². The van der Waals surface area contributed by atoms with E-state index in [4.69, 9.17) is 23.7 Å². The topological polar surface area (TPSA) is 116 Å². The number of ether oxygens (including phenoxy) is 5. The van der Waals surface area contributed by atoms with Gasteiger partial charge < -0.3 is 29.0 Å².